The third kappa shape index (κ3) is 3.24. The highest BCUT2D eigenvalue weighted by atomic mass is 32.1. The molecule has 0 amide bonds. The molecule has 1 aliphatic heterocycles. The van der Waals surface area contributed by atoms with Crippen molar-refractivity contribution in [2.45, 2.75) is 12.8 Å². The highest BCUT2D eigenvalue weighted by Crippen LogP contribution is 2.16. The summed E-state index contributed by atoms with van der Waals surface area (Å²) in [5.74, 6) is 0.480. The van der Waals surface area contributed by atoms with Crippen molar-refractivity contribution in [2.24, 2.45) is 5.73 Å². The van der Waals surface area contributed by atoms with Crippen molar-refractivity contribution in [1.82, 2.24) is 4.90 Å². The fourth-order valence-corrected chi connectivity index (χ4v) is 2.32. The molecule has 5 heteroatoms. The molecule has 0 unspecified atom stereocenters. The summed E-state index contributed by atoms with van der Waals surface area (Å²) in [6.45, 7) is 1.79. The molecule has 0 spiro atoms. The van der Waals surface area contributed by atoms with E-state index in [4.69, 9.17) is 18.0 Å². The van der Waals surface area contributed by atoms with Gasteiger partial charge in [0.15, 0.2) is 0 Å². The quantitative estimate of drug-likeness (QED) is 0.502. The first-order valence-electron chi connectivity index (χ1n) is 6.23. The number of hydrogen-bond donors (Lipinski definition) is 2. The molecule has 0 aliphatic carbocycles. The van der Waals surface area contributed by atoms with Crippen LogP contribution >= 0.6 is 12.2 Å². The van der Waals surface area contributed by atoms with Crippen LogP contribution in [0.15, 0.2) is 41.7 Å². The van der Waals surface area contributed by atoms with Crippen LogP contribution in [0.3, 0.4) is 0 Å². The molecule has 0 atom stereocenters. The molecule has 0 radical (unpaired) electrons. The first-order chi connectivity index (χ1) is 9.22. The van der Waals surface area contributed by atoms with E-state index in [0.29, 0.717) is 16.4 Å². The zero-order valence-electron chi connectivity index (χ0n) is 10.6. The lowest BCUT2D eigenvalue weighted by molar-refractivity contribution is 0.420. The van der Waals surface area contributed by atoms with Crippen LogP contribution in [-0.2, 0) is 0 Å². The summed E-state index contributed by atoms with van der Waals surface area (Å²) >= 11 is 5.27. The molecule has 3 N–H and O–H groups in total. The Labute approximate surface area is 118 Å². The van der Waals surface area contributed by atoms with E-state index in [0.717, 1.165) is 31.6 Å². The third-order valence-electron chi connectivity index (χ3n) is 3.07. The van der Waals surface area contributed by atoms with Crippen LogP contribution in [-0.4, -0.2) is 23.0 Å². The molecule has 1 heterocycles. The zero-order valence-corrected chi connectivity index (χ0v) is 11.4. The fraction of sp³-hybridized carbons (Fsp3) is 0.286. The molecular weight excluding hydrogens is 256 g/mol. The number of benzene rings is 1. The first kappa shape index (κ1) is 13.4. The minimum Gasteiger partial charge on any atom is -0.384 e. The maximum absolute atomic E-state index is 9.26. The number of hydrogen-bond acceptors (Lipinski definition) is 4. The Balaban J connectivity index is 2.15. The van der Waals surface area contributed by atoms with E-state index in [1.165, 1.54) is 0 Å². The minimum atomic E-state index is 0.348. The van der Waals surface area contributed by atoms with Crippen LogP contribution in [0.4, 0.5) is 5.69 Å². The van der Waals surface area contributed by atoms with Gasteiger partial charge in [0, 0.05) is 18.8 Å². The lowest BCUT2D eigenvalue weighted by Crippen LogP contribution is -2.29. The lowest BCUT2D eigenvalue weighted by atomic mass is 10.2. The van der Waals surface area contributed by atoms with Crippen molar-refractivity contribution in [1.29, 1.82) is 5.26 Å². The normalized spacial score (nSPS) is 15.6. The Morgan fingerprint density at radius 3 is 2.47 bits per heavy atom. The number of nitrogens with one attached hydrogen (secondary N) is 1. The molecule has 0 saturated carbocycles. The Kier molecular flexibility index (Phi) is 4.37. The molecule has 1 aromatic rings. The van der Waals surface area contributed by atoms with Crippen molar-refractivity contribution in [2.75, 3.05) is 18.4 Å². The van der Waals surface area contributed by atoms with Crippen molar-refractivity contribution in [3.8, 4) is 6.07 Å². The van der Waals surface area contributed by atoms with Gasteiger partial charge in [-0.1, -0.05) is 30.4 Å². The van der Waals surface area contributed by atoms with Gasteiger partial charge in [-0.05, 0) is 25.0 Å². The highest BCUT2D eigenvalue weighted by molar-refractivity contribution is 7.81. The highest BCUT2D eigenvalue weighted by Gasteiger charge is 2.18. The van der Waals surface area contributed by atoms with Crippen molar-refractivity contribution in [3.05, 3.63) is 41.7 Å². The van der Waals surface area contributed by atoms with Gasteiger partial charge in [0.25, 0.3) is 0 Å². The second-order valence-corrected chi connectivity index (χ2v) is 4.79. The number of nitrogens with two attached hydrogens (primary N) is 1. The Hall–Kier alpha value is -2.06. The number of thiocarbonyl (C=S) groups is 1. The predicted molar refractivity (Wildman–Crippen MR) is 80.3 cm³/mol. The van der Waals surface area contributed by atoms with E-state index < -0.39 is 0 Å². The number of likely N-dealkylation sites (tertiary alicyclic amines) is 1. The molecule has 1 saturated heterocycles. The van der Waals surface area contributed by atoms with Crippen LogP contribution in [0.5, 0.6) is 0 Å². The second kappa shape index (κ2) is 6.21. The number of nitrogens with zero attached hydrogens (tertiary/aromatic N) is 2. The van der Waals surface area contributed by atoms with Crippen LogP contribution in [0.2, 0.25) is 0 Å². The van der Waals surface area contributed by atoms with Gasteiger partial charge in [0.05, 0.1) is 0 Å². The molecule has 0 bridgehead atoms. The molecule has 1 aliphatic rings. The van der Waals surface area contributed by atoms with Crippen molar-refractivity contribution in [3.63, 3.8) is 0 Å². The van der Waals surface area contributed by atoms with Crippen LogP contribution in [0.25, 0.3) is 0 Å². The summed E-state index contributed by atoms with van der Waals surface area (Å²) in [5, 5.41) is 12.3. The SMILES string of the molecule is N#C/C(C(=S)Nc1ccccc1)=C(\N)N1CCCC1. The van der Waals surface area contributed by atoms with E-state index in [2.05, 4.69) is 11.4 Å². The van der Waals surface area contributed by atoms with Gasteiger partial charge in [0.2, 0.25) is 0 Å². The summed E-state index contributed by atoms with van der Waals surface area (Å²) in [7, 11) is 0. The molecule has 1 fully saturated rings. The average molecular weight is 272 g/mol. The van der Waals surface area contributed by atoms with Crippen LogP contribution < -0.4 is 11.1 Å². The number of nitriles is 1. The van der Waals surface area contributed by atoms with Gasteiger partial charge >= 0.3 is 0 Å². The number of anilines is 1. The summed E-state index contributed by atoms with van der Waals surface area (Å²) in [4.78, 5) is 2.38. The van der Waals surface area contributed by atoms with Gasteiger partial charge in [0.1, 0.15) is 22.5 Å². The van der Waals surface area contributed by atoms with Crippen molar-refractivity contribution >= 4 is 22.9 Å². The van der Waals surface area contributed by atoms with E-state index >= 15 is 0 Å². The third-order valence-corrected chi connectivity index (χ3v) is 3.38. The molecule has 2 rings (SSSR count). The number of rotatable bonds is 3. The molecule has 0 aromatic heterocycles. The van der Waals surface area contributed by atoms with Crippen LogP contribution in [0, 0.1) is 11.3 Å². The Bertz CT molecular complexity index is 524. The first-order valence-corrected chi connectivity index (χ1v) is 6.64. The van der Waals surface area contributed by atoms with Gasteiger partial charge in [-0.15, -0.1) is 0 Å². The smallest absolute Gasteiger partial charge is 0.127 e. The maximum atomic E-state index is 9.26. The largest absolute Gasteiger partial charge is 0.384 e. The topological polar surface area (TPSA) is 65.1 Å². The van der Waals surface area contributed by atoms with E-state index in [1.54, 1.807) is 0 Å². The molecule has 98 valence electrons. The van der Waals surface area contributed by atoms with Gasteiger partial charge in [-0.25, -0.2) is 0 Å². The maximum Gasteiger partial charge on any atom is 0.127 e. The Morgan fingerprint density at radius 1 is 1.26 bits per heavy atom. The molecule has 4 nitrogen and oxygen atoms in total. The fourth-order valence-electron chi connectivity index (χ4n) is 2.06. The summed E-state index contributed by atoms with van der Waals surface area (Å²) in [6.07, 6.45) is 2.22. The van der Waals surface area contributed by atoms with E-state index in [-0.39, 0.29) is 0 Å². The van der Waals surface area contributed by atoms with Gasteiger partial charge in [-0.2, -0.15) is 5.26 Å². The average Bonchev–Trinajstić information content (AvgIpc) is 2.94. The molecule has 19 heavy (non-hydrogen) atoms. The standard InChI is InChI=1S/C14H16N4S/c15-10-12(13(16)18-8-4-5-9-18)14(19)17-11-6-2-1-3-7-11/h1-3,6-7H,4-5,8-9,16H2,(H,17,19)/b13-12-. The second-order valence-electron chi connectivity index (χ2n) is 4.39. The molecular formula is C14H16N4S. The summed E-state index contributed by atoms with van der Waals surface area (Å²) in [5.41, 5.74) is 7.25. The summed E-state index contributed by atoms with van der Waals surface area (Å²) < 4.78 is 0. The predicted octanol–water partition coefficient (Wildman–Crippen LogP) is 2.22. The van der Waals surface area contributed by atoms with Crippen molar-refractivity contribution < 1.29 is 0 Å². The van der Waals surface area contributed by atoms with E-state index in [1.807, 2.05) is 35.2 Å². The van der Waals surface area contributed by atoms with Gasteiger partial charge < -0.3 is 16.0 Å². The van der Waals surface area contributed by atoms with Gasteiger partial charge in [-0.3, -0.25) is 0 Å². The monoisotopic (exact) mass is 272 g/mol. The number of para-hydroxylation sites is 1. The Morgan fingerprint density at radius 2 is 1.89 bits per heavy atom. The zero-order chi connectivity index (χ0) is 13.7. The minimum absolute atomic E-state index is 0.348. The summed E-state index contributed by atoms with van der Waals surface area (Å²) in [6, 6.07) is 11.6. The molecule has 1 aromatic carbocycles. The lowest BCUT2D eigenvalue weighted by Gasteiger charge is -2.19. The van der Waals surface area contributed by atoms with E-state index in [9.17, 15) is 5.26 Å². The van der Waals surface area contributed by atoms with Crippen LogP contribution in [0.1, 0.15) is 12.8 Å².